The lowest BCUT2D eigenvalue weighted by atomic mass is 9.91. The summed E-state index contributed by atoms with van der Waals surface area (Å²) in [5.74, 6) is 1.16. The van der Waals surface area contributed by atoms with E-state index in [1.165, 1.54) is 24.8 Å². The smallest absolute Gasteiger partial charge is 0.157 e. The average molecular weight is 259 g/mol. The number of aromatic nitrogens is 3. The highest BCUT2D eigenvalue weighted by Crippen LogP contribution is 2.30. The molecule has 2 aromatic rings. The fourth-order valence-corrected chi connectivity index (χ4v) is 2.68. The van der Waals surface area contributed by atoms with Crippen LogP contribution in [0.4, 0.5) is 5.82 Å². The van der Waals surface area contributed by atoms with Crippen molar-refractivity contribution in [2.45, 2.75) is 38.6 Å². The molecule has 0 bridgehead atoms. The number of hydrogen-bond donors (Lipinski definition) is 1. The molecule has 2 aromatic heterocycles. The van der Waals surface area contributed by atoms with Crippen molar-refractivity contribution in [3.8, 4) is 0 Å². The minimum atomic E-state index is 0.640. The summed E-state index contributed by atoms with van der Waals surface area (Å²) >= 11 is 0. The van der Waals surface area contributed by atoms with Crippen LogP contribution in [0.15, 0.2) is 18.5 Å². The second kappa shape index (κ2) is 5.17. The number of aryl methyl sites for hydroxylation is 1. The van der Waals surface area contributed by atoms with Crippen LogP contribution in [0, 0.1) is 6.92 Å². The van der Waals surface area contributed by atoms with Crippen LogP contribution in [-0.4, -0.2) is 33.7 Å². The van der Waals surface area contributed by atoms with Gasteiger partial charge in [-0.1, -0.05) is 0 Å². The second-order valence-electron chi connectivity index (χ2n) is 5.34. The summed E-state index contributed by atoms with van der Waals surface area (Å²) in [6.07, 6.45) is 6.51. The zero-order valence-corrected chi connectivity index (χ0v) is 11.4. The molecular weight excluding hydrogens is 238 g/mol. The molecule has 2 heterocycles. The van der Waals surface area contributed by atoms with Gasteiger partial charge in [-0.05, 0) is 56.8 Å². The van der Waals surface area contributed by atoms with Gasteiger partial charge in [0, 0.05) is 12.6 Å². The van der Waals surface area contributed by atoms with Gasteiger partial charge in [0.25, 0.3) is 0 Å². The Labute approximate surface area is 113 Å². The van der Waals surface area contributed by atoms with Crippen LogP contribution in [0.3, 0.4) is 0 Å². The Bertz CT molecular complexity index is 558. The van der Waals surface area contributed by atoms with E-state index in [0.29, 0.717) is 6.04 Å². The first kappa shape index (κ1) is 12.4. The van der Waals surface area contributed by atoms with Crippen LogP contribution < -0.4 is 10.6 Å². The largest absolute Gasteiger partial charge is 0.353 e. The lowest BCUT2D eigenvalue weighted by Gasteiger charge is -2.39. The Morgan fingerprint density at radius 3 is 2.95 bits per heavy atom. The highest BCUT2D eigenvalue weighted by molar-refractivity contribution is 5.53. The maximum absolute atomic E-state index is 5.68. The predicted molar refractivity (Wildman–Crippen MR) is 76.4 cm³/mol. The lowest BCUT2D eigenvalue weighted by molar-refractivity contribution is 0.381. The molecule has 1 saturated carbocycles. The number of fused-ring (bicyclic) bond motifs is 1. The van der Waals surface area contributed by atoms with Gasteiger partial charge in [-0.2, -0.15) is 9.61 Å². The second-order valence-corrected chi connectivity index (χ2v) is 5.34. The number of nitrogens with zero attached hydrogens (tertiary/aromatic N) is 4. The molecule has 0 radical (unpaired) electrons. The lowest BCUT2D eigenvalue weighted by Crippen LogP contribution is -2.42. The molecule has 2 N–H and O–H groups in total. The van der Waals surface area contributed by atoms with Gasteiger partial charge in [-0.25, -0.2) is 4.98 Å². The SMILES string of the molecule is Cc1cc(N(CCCN)C2CCC2)n2ncnc2c1. The third-order valence-electron chi connectivity index (χ3n) is 3.92. The van der Waals surface area contributed by atoms with Crippen LogP contribution in [0.1, 0.15) is 31.2 Å². The van der Waals surface area contributed by atoms with Crippen LogP contribution in [0.5, 0.6) is 0 Å². The molecule has 1 aliphatic rings. The van der Waals surface area contributed by atoms with Crippen molar-refractivity contribution in [1.82, 2.24) is 14.6 Å². The van der Waals surface area contributed by atoms with E-state index < -0.39 is 0 Å². The Hall–Kier alpha value is -1.62. The van der Waals surface area contributed by atoms with E-state index in [0.717, 1.165) is 31.0 Å². The number of rotatable bonds is 5. The average Bonchev–Trinajstić information content (AvgIpc) is 2.78. The Balaban J connectivity index is 2.00. The topological polar surface area (TPSA) is 59.5 Å². The summed E-state index contributed by atoms with van der Waals surface area (Å²) in [6, 6.07) is 4.91. The van der Waals surface area contributed by atoms with Gasteiger partial charge in [-0.15, -0.1) is 0 Å². The molecule has 0 amide bonds. The van der Waals surface area contributed by atoms with Crippen LogP contribution >= 0.6 is 0 Å². The maximum Gasteiger partial charge on any atom is 0.157 e. The van der Waals surface area contributed by atoms with Crippen molar-refractivity contribution in [2.75, 3.05) is 18.0 Å². The van der Waals surface area contributed by atoms with Gasteiger partial charge < -0.3 is 10.6 Å². The van der Waals surface area contributed by atoms with Crippen molar-refractivity contribution in [2.24, 2.45) is 5.73 Å². The Kier molecular flexibility index (Phi) is 3.38. The van der Waals surface area contributed by atoms with E-state index in [9.17, 15) is 0 Å². The molecule has 3 rings (SSSR count). The first-order valence-electron chi connectivity index (χ1n) is 7.06. The molecule has 0 aliphatic heterocycles. The molecular formula is C14H21N5. The van der Waals surface area contributed by atoms with Gasteiger partial charge in [-0.3, -0.25) is 0 Å². The monoisotopic (exact) mass is 259 g/mol. The van der Waals surface area contributed by atoms with Gasteiger partial charge in [0.1, 0.15) is 12.1 Å². The molecule has 19 heavy (non-hydrogen) atoms. The summed E-state index contributed by atoms with van der Waals surface area (Å²) < 4.78 is 1.95. The van der Waals surface area contributed by atoms with Gasteiger partial charge >= 0.3 is 0 Å². The highest BCUT2D eigenvalue weighted by atomic mass is 15.4. The number of pyridine rings is 1. The summed E-state index contributed by atoms with van der Waals surface area (Å²) in [4.78, 5) is 6.77. The first-order chi connectivity index (χ1) is 9.29. The van der Waals surface area contributed by atoms with Crippen molar-refractivity contribution in [3.63, 3.8) is 0 Å². The third kappa shape index (κ3) is 2.30. The molecule has 0 aromatic carbocycles. The molecule has 5 nitrogen and oxygen atoms in total. The van der Waals surface area contributed by atoms with Gasteiger partial charge in [0.2, 0.25) is 0 Å². The molecule has 5 heteroatoms. The van der Waals surface area contributed by atoms with E-state index in [2.05, 4.69) is 34.0 Å². The fourth-order valence-electron chi connectivity index (χ4n) is 2.68. The Morgan fingerprint density at radius 1 is 1.42 bits per heavy atom. The first-order valence-corrected chi connectivity index (χ1v) is 7.06. The maximum atomic E-state index is 5.68. The van der Waals surface area contributed by atoms with E-state index in [1.54, 1.807) is 6.33 Å². The van der Waals surface area contributed by atoms with Crippen molar-refractivity contribution in [3.05, 3.63) is 24.0 Å². The van der Waals surface area contributed by atoms with E-state index in [-0.39, 0.29) is 0 Å². The van der Waals surface area contributed by atoms with E-state index >= 15 is 0 Å². The molecule has 1 fully saturated rings. The molecule has 0 unspecified atom stereocenters. The quantitative estimate of drug-likeness (QED) is 0.888. The Morgan fingerprint density at radius 2 is 2.26 bits per heavy atom. The third-order valence-corrected chi connectivity index (χ3v) is 3.92. The zero-order valence-electron chi connectivity index (χ0n) is 11.4. The normalized spacial score (nSPS) is 15.7. The van der Waals surface area contributed by atoms with E-state index in [1.807, 2.05) is 4.52 Å². The molecule has 0 atom stereocenters. The molecule has 0 saturated heterocycles. The minimum absolute atomic E-state index is 0.640. The molecule has 102 valence electrons. The van der Waals surface area contributed by atoms with Gasteiger partial charge in [0.15, 0.2) is 5.65 Å². The van der Waals surface area contributed by atoms with Crippen molar-refractivity contribution < 1.29 is 0 Å². The summed E-state index contributed by atoms with van der Waals surface area (Å²) in [6.45, 7) is 3.84. The van der Waals surface area contributed by atoms with Crippen molar-refractivity contribution in [1.29, 1.82) is 0 Å². The van der Waals surface area contributed by atoms with Gasteiger partial charge in [0.05, 0.1) is 0 Å². The molecule has 0 spiro atoms. The standard InChI is InChI=1S/C14H21N5/c1-11-8-13-16-10-17-19(13)14(9-11)18(7-3-6-15)12-4-2-5-12/h8-10,12H,2-7,15H2,1H3. The van der Waals surface area contributed by atoms with Crippen LogP contribution in [0.2, 0.25) is 0 Å². The number of anilines is 1. The molecule has 1 aliphatic carbocycles. The van der Waals surface area contributed by atoms with Crippen LogP contribution in [0.25, 0.3) is 5.65 Å². The number of hydrogen-bond acceptors (Lipinski definition) is 4. The zero-order chi connectivity index (χ0) is 13.2. The van der Waals surface area contributed by atoms with E-state index in [4.69, 9.17) is 5.73 Å². The predicted octanol–water partition coefficient (Wildman–Crippen LogP) is 1.75. The summed E-state index contributed by atoms with van der Waals surface area (Å²) in [5, 5.41) is 4.36. The van der Waals surface area contributed by atoms with Crippen LogP contribution in [-0.2, 0) is 0 Å². The summed E-state index contributed by atoms with van der Waals surface area (Å²) in [7, 11) is 0. The summed E-state index contributed by atoms with van der Waals surface area (Å²) in [5.41, 5.74) is 7.83. The number of nitrogens with two attached hydrogens (primary N) is 1. The fraction of sp³-hybridized carbons (Fsp3) is 0.571. The highest BCUT2D eigenvalue weighted by Gasteiger charge is 2.26. The minimum Gasteiger partial charge on any atom is -0.353 e. The van der Waals surface area contributed by atoms with Crippen molar-refractivity contribution >= 4 is 11.5 Å².